The fraction of sp³-hybridized carbons (Fsp3) is 0.480. The molecule has 1 amide bonds. The van der Waals surface area contributed by atoms with E-state index in [-0.39, 0.29) is 18.2 Å². The molecule has 172 valence electrons. The standard InChI is InChI=1S/C25H33N3O3S/c1-5-19(6-2)28-22-10-9-17(25(31)26-18(12-16(3)4)14-24(29)30)13-21(22)27-23(28)15-20-8-7-11-32-20/h7-11,13,16,18-19H,5-6,12,14-15H2,1-4H3,(H,26,31)(H,29,30)/p-1/t18-/m0/s1. The molecule has 6 nitrogen and oxygen atoms in total. The molecule has 0 aliphatic rings. The van der Waals surface area contributed by atoms with Crippen LogP contribution in [0.5, 0.6) is 0 Å². The molecule has 1 atom stereocenters. The Bertz CT molecular complexity index is 1050. The van der Waals surface area contributed by atoms with Gasteiger partial charge in [-0.25, -0.2) is 4.98 Å². The molecule has 0 spiro atoms. The highest BCUT2D eigenvalue weighted by Gasteiger charge is 2.20. The van der Waals surface area contributed by atoms with Crippen molar-refractivity contribution in [3.63, 3.8) is 0 Å². The van der Waals surface area contributed by atoms with Gasteiger partial charge in [0.25, 0.3) is 5.91 Å². The van der Waals surface area contributed by atoms with E-state index in [4.69, 9.17) is 4.98 Å². The van der Waals surface area contributed by atoms with Gasteiger partial charge < -0.3 is 19.8 Å². The molecule has 0 aliphatic heterocycles. The Morgan fingerprint density at radius 3 is 2.53 bits per heavy atom. The van der Waals surface area contributed by atoms with E-state index in [1.54, 1.807) is 17.4 Å². The van der Waals surface area contributed by atoms with Gasteiger partial charge in [-0.3, -0.25) is 4.79 Å². The Morgan fingerprint density at radius 2 is 1.94 bits per heavy atom. The van der Waals surface area contributed by atoms with E-state index < -0.39 is 12.0 Å². The number of nitrogens with zero attached hydrogens (tertiary/aromatic N) is 2. The van der Waals surface area contributed by atoms with Crippen molar-refractivity contribution in [2.75, 3.05) is 0 Å². The van der Waals surface area contributed by atoms with Gasteiger partial charge in [0.1, 0.15) is 5.82 Å². The van der Waals surface area contributed by atoms with Gasteiger partial charge in [-0.2, -0.15) is 0 Å². The second-order valence-corrected chi connectivity index (χ2v) is 9.74. The summed E-state index contributed by atoms with van der Waals surface area (Å²) in [5.74, 6) is -0.176. The number of fused-ring (bicyclic) bond motifs is 1. The number of thiophene rings is 1. The number of amides is 1. The predicted molar refractivity (Wildman–Crippen MR) is 127 cm³/mol. The summed E-state index contributed by atoms with van der Waals surface area (Å²) < 4.78 is 2.31. The molecule has 0 aliphatic carbocycles. The Kier molecular flexibility index (Phi) is 8.07. The minimum Gasteiger partial charge on any atom is -0.550 e. The first-order valence-electron chi connectivity index (χ1n) is 11.4. The maximum atomic E-state index is 12.9. The molecule has 0 saturated heterocycles. The highest BCUT2D eigenvalue weighted by atomic mass is 32.1. The molecule has 0 bridgehead atoms. The number of imidazole rings is 1. The van der Waals surface area contributed by atoms with Gasteiger partial charge in [0.15, 0.2) is 0 Å². The topological polar surface area (TPSA) is 87.0 Å². The van der Waals surface area contributed by atoms with Crippen LogP contribution in [0.4, 0.5) is 0 Å². The summed E-state index contributed by atoms with van der Waals surface area (Å²) in [7, 11) is 0. The fourth-order valence-corrected chi connectivity index (χ4v) is 4.98. The molecule has 3 aromatic rings. The van der Waals surface area contributed by atoms with Crippen LogP contribution in [-0.4, -0.2) is 27.5 Å². The summed E-state index contributed by atoms with van der Waals surface area (Å²) in [5, 5.41) is 16.0. The molecule has 3 rings (SSSR count). The number of aliphatic carboxylic acids is 1. The van der Waals surface area contributed by atoms with E-state index in [1.165, 1.54) is 4.88 Å². The van der Waals surface area contributed by atoms with Crippen LogP contribution in [0.1, 0.15) is 80.5 Å². The highest BCUT2D eigenvalue weighted by Crippen LogP contribution is 2.28. The Morgan fingerprint density at radius 1 is 1.19 bits per heavy atom. The van der Waals surface area contributed by atoms with E-state index in [9.17, 15) is 14.7 Å². The molecule has 0 unspecified atom stereocenters. The zero-order valence-electron chi connectivity index (χ0n) is 19.3. The van der Waals surface area contributed by atoms with Crippen molar-refractivity contribution >= 4 is 34.2 Å². The van der Waals surface area contributed by atoms with Gasteiger partial charge in [0, 0.05) is 41.3 Å². The van der Waals surface area contributed by atoms with E-state index in [0.717, 1.165) is 36.1 Å². The average Bonchev–Trinajstić information content (AvgIpc) is 3.36. The number of carboxylic acid groups (broad SMARTS) is 1. The van der Waals surface area contributed by atoms with Crippen molar-refractivity contribution in [1.29, 1.82) is 0 Å². The predicted octanol–water partition coefficient (Wildman–Crippen LogP) is 4.33. The minimum absolute atomic E-state index is 0.194. The van der Waals surface area contributed by atoms with Crippen LogP contribution in [0.25, 0.3) is 11.0 Å². The lowest BCUT2D eigenvalue weighted by atomic mass is 10.0. The second kappa shape index (κ2) is 10.8. The molecular formula is C25H32N3O3S-. The lowest BCUT2D eigenvalue weighted by molar-refractivity contribution is -0.306. The van der Waals surface area contributed by atoms with E-state index in [1.807, 2.05) is 32.0 Å². The van der Waals surface area contributed by atoms with Gasteiger partial charge in [-0.15, -0.1) is 11.3 Å². The number of aromatic nitrogens is 2. The first-order valence-corrected chi connectivity index (χ1v) is 12.2. The van der Waals surface area contributed by atoms with Crippen LogP contribution in [0.3, 0.4) is 0 Å². The Labute approximate surface area is 193 Å². The maximum Gasteiger partial charge on any atom is 0.251 e. The summed E-state index contributed by atoms with van der Waals surface area (Å²) in [4.78, 5) is 30.2. The molecular weight excluding hydrogens is 422 g/mol. The van der Waals surface area contributed by atoms with Crippen molar-refractivity contribution in [3.8, 4) is 0 Å². The molecule has 7 heteroatoms. The number of hydrogen-bond donors (Lipinski definition) is 1. The highest BCUT2D eigenvalue weighted by molar-refractivity contribution is 7.09. The fourth-order valence-electron chi connectivity index (χ4n) is 4.28. The van der Waals surface area contributed by atoms with Gasteiger partial charge in [-0.1, -0.05) is 33.8 Å². The molecule has 0 saturated carbocycles. The number of benzene rings is 1. The molecule has 0 fully saturated rings. The Hall–Kier alpha value is -2.67. The van der Waals surface area contributed by atoms with Crippen LogP contribution >= 0.6 is 11.3 Å². The quantitative estimate of drug-likeness (QED) is 0.467. The number of carbonyl (C=O) groups is 2. The third-order valence-electron chi connectivity index (χ3n) is 5.75. The maximum absolute atomic E-state index is 12.9. The lowest BCUT2D eigenvalue weighted by Gasteiger charge is -2.21. The monoisotopic (exact) mass is 454 g/mol. The van der Waals surface area contributed by atoms with Crippen LogP contribution in [0, 0.1) is 5.92 Å². The van der Waals surface area contributed by atoms with Crippen molar-refractivity contribution in [2.45, 2.75) is 71.9 Å². The number of nitrogens with one attached hydrogen (secondary N) is 1. The summed E-state index contributed by atoms with van der Waals surface area (Å²) in [6.07, 6.45) is 3.15. The molecule has 0 radical (unpaired) electrons. The summed E-state index contributed by atoms with van der Waals surface area (Å²) in [6, 6.07) is 9.63. The van der Waals surface area contributed by atoms with E-state index in [2.05, 4.69) is 35.2 Å². The molecule has 32 heavy (non-hydrogen) atoms. The van der Waals surface area contributed by atoms with Gasteiger partial charge in [0.05, 0.1) is 11.0 Å². The van der Waals surface area contributed by atoms with E-state index in [0.29, 0.717) is 18.0 Å². The first kappa shape index (κ1) is 24.0. The molecule has 1 aromatic carbocycles. The first-order chi connectivity index (χ1) is 15.3. The number of rotatable bonds is 11. The third kappa shape index (κ3) is 5.76. The normalized spacial score (nSPS) is 12.6. The third-order valence-corrected chi connectivity index (χ3v) is 6.63. The smallest absolute Gasteiger partial charge is 0.251 e. The summed E-state index contributed by atoms with van der Waals surface area (Å²) in [5.41, 5.74) is 2.30. The van der Waals surface area contributed by atoms with Crippen LogP contribution in [0.2, 0.25) is 0 Å². The number of carboxylic acids is 1. The molecule has 2 aromatic heterocycles. The average molecular weight is 455 g/mol. The SMILES string of the molecule is CCC(CC)n1c(Cc2cccs2)nc2cc(C(=O)N[C@H](CC(=O)[O-])CC(C)C)ccc21. The zero-order valence-corrected chi connectivity index (χ0v) is 20.1. The van der Waals surface area contributed by atoms with Crippen LogP contribution in [0.15, 0.2) is 35.7 Å². The summed E-state index contributed by atoms with van der Waals surface area (Å²) in [6.45, 7) is 8.37. The zero-order chi connectivity index (χ0) is 23.3. The van der Waals surface area contributed by atoms with E-state index >= 15 is 0 Å². The van der Waals surface area contributed by atoms with Gasteiger partial charge in [-0.05, 0) is 54.8 Å². The Balaban J connectivity index is 1.93. The number of carbonyl (C=O) groups excluding carboxylic acids is 2. The van der Waals surface area contributed by atoms with Crippen molar-refractivity contribution in [3.05, 3.63) is 52.0 Å². The second-order valence-electron chi connectivity index (χ2n) is 8.70. The lowest BCUT2D eigenvalue weighted by Crippen LogP contribution is -2.40. The van der Waals surface area contributed by atoms with Crippen molar-refractivity contribution in [1.82, 2.24) is 14.9 Å². The van der Waals surface area contributed by atoms with Crippen molar-refractivity contribution < 1.29 is 14.7 Å². The van der Waals surface area contributed by atoms with Crippen molar-refractivity contribution in [2.24, 2.45) is 5.92 Å². The largest absolute Gasteiger partial charge is 0.550 e. The van der Waals surface area contributed by atoms with Crippen LogP contribution < -0.4 is 10.4 Å². The molecule has 1 N–H and O–H groups in total. The van der Waals surface area contributed by atoms with Gasteiger partial charge in [0.2, 0.25) is 0 Å². The van der Waals surface area contributed by atoms with Crippen LogP contribution in [-0.2, 0) is 11.2 Å². The minimum atomic E-state index is -1.16. The molecule has 2 heterocycles. The summed E-state index contributed by atoms with van der Waals surface area (Å²) >= 11 is 1.72. The number of hydrogen-bond acceptors (Lipinski definition) is 5. The van der Waals surface area contributed by atoms with Gasteiger partial charge >= 0.3 is 0 Å².